The Balaban J connectivity index is 3.10. The molecule has 0 saturated carbocycles. The van der Waals surface area contributed by atoms with Gasteiger partial charge in [0.2, 0.25) is 0 Å². The van der Waals surface area contributed by atoms with Crippen LogP contribution in [0.4, 0.5) is 0 Å². The molecule has 0 aliphatic rings. The standard InChI is InChI=1S/C4H2Br2N2O2/c5-4-7-2(3(9)10)1-8(4)6/h1H,(H,9,10). The van der Waals surface area contributed by atoms with E-state index in [1.165, 1.54) is 9.79 Å². The summed E-state index contributed by atoms with van der Waals surface area (Å²) in [5.41, 5.74) is 0.00347. The van der Waals surface area contributed by atoms with E-state index in [0.717, 1.165) is 0 Å². The Hall–Kier alpha value is -0.360. The molecule has 0 amide bonds. The second-order valence-electron chi connectivity index (χ2n) is 1.51. The number of halogens is 2. The second kappa shape index (κ2) is 2.71. The average Bonchev–Trinajstić information content (AvgIpc) is 2.13. The fourth-order valence-electron chi connectivity index (χ4n) is 0.440. The number of nitrogens with zero attached hydrogens (tertiary/aromatic N) is 2. The third-order valence-corrected chi connectivity index (χ3v) is 2.42. The van der Waals surface area contributed by atoms with E-state index in [-0.39, 0.29) is 5.69 Å². The van der Waals surface area contributed by atoms with Crippen LogP contribution in [0.5, 0.6) is 0 Å². The van der Waals surface area contributed by atoms with Crippen molar-refractivity contribution in [3.8, 4) is 0 Å². The lowest BCUT2D eigenvalue weighted by Gasteiger charge is -1.81. The zero-order chi connectivity index (χ0) is 7.72. The summed E-state index contributed by atoms with van der Waals surface area (Å²) in [7, 11) is 0. The van der Waals surface area contributed by atoms with Gasteiger partial charge in [-0.05, 0) is 15.9 Å². The van der Waals surface area contributed by atoms with Crippen molar-refractivity contribution in [2.75, 3.05) is 0 Å². The van der Waals surface area contributed by atoms with Gasteiger partial charge < -0.3 is 5.11 Å². The normalized spacial score (nSPS) is 9.80. The van der Waals surface area contributed by atoms with Gasteiger partial charge in [-0.25, -0.2) is 9.78 Å². The van der Waals surface area contributed by atoms with Crippen LogP contribution in [0.1, 0.15) is 10.5 Å². The van der Waals surface area contributed by atoms with Crippen molar-refractivity contribution in [2.24, 2.45) is 0 Å². The van der Waals surface area contributed by atoms with E-state index < -0.39 is 5.97 Å². The first-order valence-electron chi connectivity index (χ1n) is 2.25. The molecule has 1 rings (SSSR count). The number of carboxylic acid groups (broad SMARTS) is 1. The van der Waals surface area contributed by atoms with Crippen molar-refractivity contribution in [3.05, 3.63) is 16.6 Å². The van der Waals surface area contributed by atoms with Crippen molar-refractivity contribution in [1.29, 1.82) is 0 Å². The van der Waals surface area contributed by atoms with E-state index in [4.69, 9.17) is 5.11 Å². The second-order valence-corrected chi connectivity index (χ2v) is 2.98. The Morgan fingerprint density at radius 3 is 2.60 bits per heavy atom. The molecule has 1 heterocycles. The molecular formula is C4H2Br2N2O2. The molecule has 0 radical (unpaired) electrons. The molecule has 1 aromatic heterocycles. The van der Waals surface area contributed by atoms with Crippen LogP contribution in [0.2, 0.25) is 0 Å². The molecule has 0 aliphatic heterocycles. The Morgan fingerprint density at radius 1 is 1.80 bits per heavy atom. The van der Waals surface area contributed by atoms with E-state index in [9.17, 15) is 4.79 Å². The summed E-state index contributed by atoms with van der Waals surface area (Å²) in [4.78, 5) is 13.9. The summed E-state index contributed by atoms with van der Waals surface area (Å²) in [5.74, 6) is -1.04. The lowest BCUT2D eigenvalue weighted by atomic mass is 10.5. The number of carboxylic acids is 1. The minimum atomic E-state index is -1.04. The van der Waals surface area contributed by atoms with Crippen LogP contribution in [-0.4, -0.2) is 19.7 Å². The Labute approximate surface area is 73.3 Å². The summed E-state index contributed by atoms with van der Waals surface area (Å²) in [6.45, 7) is 0. The fourth-order valence-corrected chi connectivity index (χ4v) is 1.01. The number of aromatic carboxylic acids is 1. The zero-order valence-electron chi connectivity index (χ0n) is 4.58. The van der Waals surface area contributed by atoms with Crippen LogP contribution in [-0.2, 0) is 0 Å². The molecule has 0 spiro atoms. The van der Waals surface area contributed by atoms with Crippen LogP contribution >= 0.6 is 32.1 Å². The molecule has 0 bridgehead atoms. The molecule has 0 fully saturated rings. The van der Waals surface area contributed by atoms with Crippen molar-refractivity contribution in [3.63, 3.8) is 0 Å². The molecular weight excluding hydrogens is 268 g/mol. The molecule has 4 nitrogen and oxygen atoms in total. The predicted molar refractivity (Wildman–Crippen MR) is 41.2 cm³/mol. The molecule has 1 aromatic rings. The van der Waals surface area contributed by atoms with Gasteiger partial charge in [0.05, 0.1) is 22.3 Å². The molecule has 0 aliphatic carbocycles. The first kappa shape index (κ1) is 7.74. The van der Waals surface area contributed by atoms with E-state index in [2.05, 4.69) is 37.1 Å². The van der Waals surface area contributed by atoms with Gasteiger partial charge in [-0.3, -0.25) is 3.59 Å². The number of hydrogen-bond acceptors (Lipinski definition) is 2. The van der Waals surface area contributed by atoms with Crippen molar-refractivity contribution >= 4 is 38.0 Å². The average molecular weight is 270 g/mol. The smallest absolute Gasteiger partial charge is 0.356 e. The SMILES string of the molecule is O=C(O)c1cn(Br)c(Br)n1. The zero-order valence-corrected chi connectivity index (χ0v) is 7.76. The number of rotatable bonds is 1. The first-order chi connectivity index (χ1) is 4.61. The molecule has 0 saturated heterocycles. The molecule has 0 atom stereocenters. The van der Waals surface area contributed by atoms with Gasteiger partial charge in [-0.1, -0.05) is 0 Å². The summed E-state index contributed by atoms with van der Waals surface area (Å²) in [6.07, 6.45) is 1.35. The quantitative estimate of drug-likeness (QED) is 0.841. The summed E-state index contributed by atoms with van der Waals surface area (Å²) >= 11 is 6.05. The van der Waals surface area contributed by atoms with E-state index in [0.29, 0.717) is 4.73 Å². The van der Waals surface area contributed by atoms with E-state index in [1.54, 1.807) is 0 Å². The third kappa shape index (κ3) is 1.38. The predicted octanol–water partition coefficient (Wildman–Crippen LogP) is 1.50. The topological polar surface area (TPSA) is 55.1 Å². The summed E-state index contributed by atoms with van der Waals surface area (Å²) in [5, 5.41) is 8.41. The molecule has 0 aromatic carbocycles. The Bertz CT molecular complexity index is 251. The van der Waals surface area contributed by atoms with Crippen LogP contribution < -0.4 is 0 Å². The van der Waals surface area contributed by atoms with Crippen molar-refractivity contribution in [2.45, 2.75) is 0 Å². The Kier molecular flexibility index (Phi) is 2.10. The fraction of sp³-hybridized carbons (Fsp3) is 0. The highest BCUT2D eigenvalue weighted by molar-refractivity contribution is 9.11. The van der Waals surface area contributed by atoms with Crippen LogP contribution in [0.3, 0.4) is 0 Å². The highest BCUT2D eigenvalue weighted by atomic mass is 79.9. The molecule has 0 unspecified atom stereocenters. The maximum atomic E-state index is 10.2. The largest absolute Gasteiger partial charge is 0.476 e. The number of aromatic nitrogens is 2. The van der Waals surface area contributed by atoms with E-state index >= 15 is 0 Å². The maximum Gasteiger partial charge on any atom is 0.356 e. The monoisotopic (exact) mass is 268 g/mol. The number of hydrogen-bond donors (Lipinski definition) is 1. The van der Waals surface area contributed by atoms with Gasteiger partial charge in [0, 0.05) is 0 Å². The number of carbonyl (C=O) groups is 1. The Morgan fingerprint density at radius 2 is 2.40 bits per heavy atom. The van der Waals surface area contributed by atoms with E-state index in [1.807, 2.05) is 0 Å². The third-order valence-electron chi connectivity index (χ3n) is 0.844. The first-order valence-corrected chi connectivity index (χ1v) is 3.76. The summed E-state index contributed by atoms with van der Waals surface area (Å²) < 4.78 is 1.83. The van der Waals surface area contributed by atoms with Crippen LogP contribution in [0.15, 0.2) is 10.9 Å². The van der Waals surface area contributed by atoms with Crippen molar-refractivity contribution in [1.82, 2.24) is 8.58 Å². The minimum absolute atomic E-state index is 0.00347. The van der Waals surface area contributed by atoms with Gasteiger partial charge >= 0.3 is 5.97 Å². The lowest BCUT2D eigenvalue weighted by molar-refractivity contribution is 0.0691. The highest BCUT2D eigenvalue weighted by Crippen LogP contribution is 2.12. The van der Waals surface area contributed by atoms with Crippen LogP contribution in [0.25, 0.3) is 0 Å². The van der Waals surface area contributed by atoms with Crippen LogP contribution in [0, 0.1) is 0 Å². The van der Waals surface area contributed by atoms with Crippen molar-refractivity contribution < 1.29 is 9.90 Å². The van der Waals surface area contributed by atoms with Gasteiger partial charge in [0.25, 0.3) is 0 Å². The highest BCUT2D eigenvalue weighted by Gasteiger charge is 2.08. The molecule has 6 heteroatoms. The van der Waals surface area contributed by atoms with Gasteiger partial charge in [0.15, 0.2) is 10.4 Å². The van der Waals surface area contributed by atoms with Gasteiger partial charge in [0.1, 0.15) is 0 Å². The van der Waals surface area contributed by atoms with Gasteiger partial charge in [-0.2, -0.15) is 0 Å². The van der Waals surface area contributed by atoms with Gasteiger partial charge in [-0.15, -0.1) is 0 Å². The maximum absolute atomic E-state index is 10.2. The molecule has 1 N–H and O–H groups in total. The lowest BCUT2D eigenvalue weighted by Crippen LogP contribution is -1.94. The molecule has 54 valence electrons. The molecule has 10 heavy (non-hydrogen) atoms. The minimum Gasteiger partial charge on any atom is -0.476 e. The number of imidazole rings is 1. The summed E-state index contributed by atoms with van der Waals surface area (Å²) in [6, 6.07) is 0.